The van der Waals surface area contributed by atoms with Crippen LogP contribution in [0.25, 0.3) is 0 Å². The summed E-state index contributed by atoms with van der Waals surface area (Å²) < 4.78 is 0. The summed E-state index contributed by atoms with van der Waals surface area (Å²) in [7, 11) is 0. The third-order valence-electron chi connectivity index (χ3n) is 5.38. The van der Waals surface area contributed by atoms with E-state index in [9.17, 15) is 34.4 Å². The van der Waals surface area contributed by atoms with Crippen LogP contribution in [0.4, 0.5) is 0 Å². The van der Waals surface area contributed by atoms with Crippen LogP contribution in [-0.2, 0) is 24.0 Å². The number of nitrogens with zero attached hydrogens (tertiary/aromatic N) is 2. The van der Waals surface area contributed by atoms with Crippen LogP contribution in [0.3, 0.4) is 0 Å². The minimum absolute atomic E-state index is 0.0347. The first-order valence-corrected chi connectivity index (χ1v) is 12.8. The maximum Gasteiger partial charge on any atom is 0.303 e. The topological polar surface area (TPSA) is 177 Å². The first-order chi connectivity index (χ1) is 17.0. The van der Waals surface area contributed by atoms with Crippen LogP contribution in [-0.4, -0.2) is 81.4 Å². The highest BCUT2D eigenvalue weighted by Crippen LogP contribution is 2.06. The summed E-state index contributed by atoms with van der Waals surface area (Å²) in [5.41, 5.74) is 0. The van der Waals surface area contributed by atoms with E-state index in [1.807, 2.05) is 13.8 Å². The summed E-state index contributed by atoms with van der Waals surface area (Å²) in [4.78, 5) is 57.3. The van der Waals surface area contributed by atoms with E-state index < -0.39 is 11.9 Å². The lowest BCUT2D eigenvalue weighted by atomic mass is 10.1. The molecule has 12 nitrogen and oxygen atoms in total. The molecule has 0 spiro atoms. The Morgan fingerprint density at radius 2 is 1.08 bits per heavy atom. The SMILES string of the molecule is CC(C)CCC(=O)N(O)CCCCCNC(=O)CCC(=O)N(O)CCCCCNC(=O)CCC(=O)O. The first-order valence-electron chi connectivity index (χ1n) is 12.8. The van der Waals surface area contributed by atoms with Crippen LogP contribution in [0, 0.1) is 5.92 Å². The molecule has 4 amide bonds. The van der Waals surface area contributed by atoms with Gasteiger partial charge in [-0.05, 0) is 50.9 Å². The molecule has 0 aromatic heterocycles. The largest absolute Gasteiger partial charge is 0.481 e. The van der Waals surface area contributed by atoms with E-state index in [4.69, 9.17) is 5.11 Å². The molecule has 0 saturated carbocycles. The van der Waals surface area contributed by atoms with Gasteiger partial charge in [0.05, 0.1) is 6.42 Å². The smallest absolute Gasteiger partial charge is 0.303 e. The van der Waals surface area contributed by atoms with E-state index in [0.717, 1.165) is 17.9 Å². The van der Waals surface area contributed by atoms with Gasteiger partial charge in [0.25, 0.3) is 0 Å². The fourth-order valence-electron chi connectivity index (χ4n) is 3.12. The van der Waals surface area contributed by atoms with Gasteiger partial charge in [0.1, 0.15) is 0 Å². The van der Waals surface area contributed by atoms with E-state index in [-0.39, 0.29) is 56.5 Å². The number of carboxylic acid groups (broad SMARTS) is 1. The molecule has 5 N–H and O–H groups in total. The molecule has 12 heteroatoms. The van der Waals surface area contributed by atoms with Crippen molar-refractivity contribution < 1.29 is 39.5 Å². The summed E-state index contributed by atoms with van der Waals surface area (Å²) in [6.07, 6.45) is 4.48. The maximum atomic E-state index is 11.9. The van der Waals surface area contributed by atoms with Crippen molar-refractivity contribution in [3.05, 3.63) is 0 Å². The van der Waals surface area contributed by atoms with Gasteiger partial charge in [0, 0.05) is 51.9 Å². The molecule has 0 atom stereocenters. The molecular formula is C24H44N4O8. The Hall–Kier alpha value is -2.73. The third kappa shape index (κ3) is 19.6. The number of hydroxylamine groups is 4. The Kier molecular flexibility index (Phi) is 18.9. The Labute approximate surface area is 213 Å². The Bertz CT molecular complexity index is 687. The molecule has 0 saturated heterocycles. The van der Waals surface area contributed by atoms with Crippen molar-refractivity contribution in [2.24, 2.45) is 5.92 Å². The first kappa shape index (κ1) is 33.3. The molecule has 0 aliphatic rings. The van der Waals surface area contributed by atoms with Crippen molar-refractivity contribution in [1.29, 1.82) is 0 Å². The highest BCUT2D eigenvalue weighted by Gasteiger charge is 2.13. The lowest BCUT2D eigenvalue weighted by Crippen LogP contribution is -2.31. The molecule has 0 aromatic rings. The molecule has 0 bridgehead atoms. The van der Waals surface area contributed by atoms with E-state index in [1.165, 1.54) is 0 Å². The zero-order valence-electron chi connectivity index (χ0n) is 21.7. The van der Waals surface area contributed by atoms with Crippen molar-refractivity contribution in [2.75, 3.05) is 26.2 Å². The van der Waals surface area contributed by atoms with E-state index in [1.54, 1.807) is 0 Å². The van der Waals surface area contributed by atoms with Crippen LogP contribution < -0.4 is 10.6 Å². The second kappa shape index (κ2) is 20.5. The predicted octanol–water partition coefficient (Wildman–Crippen LogP) is 2.08. The predicted molar refractivity (Wildman–Crippen MR) is 131 cm³/mol. The quantitative estimate of drug-likeness (QED) is 0.0874. The number of amides is 4. The second-order valence-corrected chi connectivity index (χ2v) is 9.18. The Morgan fingerprint density at radius 1 is 0.639 bits per heavy atom. The number of aliphatic carboxylic acids is 1. The van der Waals surface area contributed by atoms with E-state index >= 15 is 0 Å². The highest BCUT2D eigenvalue weighted by atomic mass is 16.5. The molecular weight excluding hydrogens is 472 g/mol. The van der Waals surface area contributed by atoms with Crippen LogP contribution in [0.1, 0.15) is 90.9 Å². The summed E-state index contributed by atoms with van der Waals surface area (Å²) in [6.45, 7) is 5.23. The van der Waals surface area contributed by atoms with E-state index in [0.29, 0.717) is 62.6 Å². The van der Waals surface area contributed by atoms with Gasteiger partial charge in [-0.25, -0.2) is 10.1 Å². The molecule has 0 fully saturated rings. The molecule has 0 heterocycles. The van der Waals surface area contributed by atoms with Gasteiger partial charge in [-0.3, -0.25) is 34.4 Å². The Morgan fingerprint density at radius 3 is 1.53 bits per heavy atom. The van der Waals surface area contributed by atoms with Gasteiger partial charge in [0.2, 0.25) is 23.6 Å². The number of carbonyl (C=O) groups excluding carboxylic acids is 4. The molecule has 208 valence electrons. The molecule has 0 rings (SSSR count). The zero-order valence-corrected chi connectivity index (χ0v) is 21.7. The molecule has 0 aliphatic heterocycles. The summed E-state index contributed by atoms with van der Waals surface area (Å²) >= 11 is 0. The summed E-state index contributed by atoms with van der Waals surface area (Å²) in [5.74, 6) is -2.06. The molecule has 36 heavy (non-hydrogen) atoms. The molecule has 0 unspecified atom stereocenters. The standard InChI is InChI=1S/C24H44N4O8/c1-19(2)9-12-22(31)27(35)17-7-3-5-15-25-20(29)10-13-23(32)28(36)18-8-4-6-16-26-21(30)11-14-24(33)34/h19,35-36H,3-18H2,1-2H3,(H,25,29)(H,26,30)(H,33,34). The van der Waals surface area contributed by atoms with Crippen LogP contribution >= 0.6 is 0 Å². The number of rotatable bonds is 21. The lowest BCUT2D eigenvalue weighted by Gasteiger charge is -2.15. The van der Waals surface area contributed by atoms with Gasteiger partial charge < -0.3 is 15.7 Å². The van der Waals surface area contributed by atoms with Crippen LogP contribution in [0.15, 0.2) is 0 Å². The molecule has 0 radical (unpaired) electrons. The normalized spacial score (nSPS) is 10.7. The van der Waals surface area contributed by atoms with Gasteiger partial charge >= 0.3 is 5.97 Å². The number of nitrogens with one attached hydrogen (secondary N) is 2. The fourth-order valence-corrected chi connectivity index (χ4v) is 3.12. The van der Waals surface area contributed by atoms with Crippen molar-refractivity contribution in [3.8, 4) is 0 Å². The zero-order chi connectivity index (χ0) is 27.3. The van der Waals surface area contributed by atoms with Crippen molar-refractivity contribution in [1.82, 2.24) is 20.8 Å². The number of carboxylic acids is 1. The average Bonchev–Trinajstić information content (AvgIpc) is 2.83. The number of hydrogen-bond donors (Lipinski definition) is 5. The number of unbranched alkanes of at least 4 members (excludes halogenated alkanes) is 4. The minimum atomic E-state index is -1.02. The molecule has 0 aliphatic carbocycles. The van der Waals surface area contributed by atoms with Gasteiger partial charge in [-0.15, -0.1) is 0 Å². The maximum absolute atomic E-state index is 11.9. The second-order valence-electron chi connectivity index (χ2n) is 9.18. The molecule has 0 aromatic carbocycles. The monoisotopic (exact) mass is 516 g/mol. The van der Waals surface area contributed by atoms with Crippen LogP contribution in [0.5, 0.6) is 0 Å². The lowest BCUT2D eigenvalue weighted by molar-refractivity contribution is -0.166. The van der Waals surface area contributed by atoms with Gasteiger partial charge in [0.15, 0.2) is 0 Å². The third-order valence-corrected chi connectivity index (χ3v) is 5.38. The van der Waals surface area contributed by atoms with Crippen molar-refractivity contribution in [2.45, 2.75) is 90.9 Å². The highest BCUT2D eigenvalue weighted by molar-refractivity contribution is 5.83. The van der Waals surface area contributed by atoms with Gasteiger partial charge in [-0.1, -0.05) is 13.8 Å². The summed E-state index contributed by atoms with van der Waals surface area (Å²) in [6, 6.07) is 0. The Balaban J connectivity index is 3.72. The fraction of sp³-hybridized carbons (Fsp3) is 0.792. The number of carbonyl (C=O) groups is 5. The van der Waals surface area contributed by atoms with Crippen molar-refractivity contribution >= 4 is 29.6 Å². The van der Waals surface area contributed by atoms with Crippen molar-refractivity contribution in [3.63, 3.8) is 0 Å². The number of hydrogen-bond acceptors (Lipinski definition) is 7. The van der Waals surface area contributed by atoms with Crippen LogP contribution in [0.2, 0.25) is 0 Å². The van der Waals surface area contributed by atoms with E-state index in [2.05, 4.69) is 10.6 Å². The average molecular weight is 517 g/mol. The van der Waals surface area contributed by atoms with Gasteiger partial charge in [-0.2, -0.15) is 0 Å². The summed E-state index contributed by atoms with van der Waals surface area (Å²) in [5, 5.41) is 34.7. The minimum Gasteiger partial charge on any atom is -0.481 e.